The maximum absolute atomic E-state index is 11.6. The van der Waals surface area contributed by atoms with Crippen molar-refractivity contribution in [2.24, 2.45) is 0 Å². The van der Waals surface area contributed by atoms with Gasteiger partial charge >= 0.3 is 5.97 Å². The van der Waals surface area contributed by atoms with Gasteiger partial charge in [-0.2, -0.15) is 0 Å². The van der Waals surface area contributed by atoms with Crippen molar-refractivity contribution in [1.29, 1.82) is 0 Å². The molecule has 0 atom stereocenters. The molecule has 3 rings (SSSR count). The summed E-state index contributed by atoms with van der Waals surface area (Å²) in [5.41, 5.74) is 1.56. The van der Waals surface area contributed by atoms with Crippen LogP contribution in [-0.4, -0.2) is 18.1 Å². The monoisotopic (exact) mass is 313 g/mol. The van der Waals surface area contributed by atoms with E-state index < -0.39 is 12.3 Å². The summed E-state index contributed by atoms with van der Waals surface area (Å²) in [6.07, 6.45) is 2.08. The van der Waals surface area contributed by atoms with Crippen LogP contribution in [0.3, 0.4) is 0 Å². The lowest BCUT2D eigenvalue weighted by atomic mass is 10.2. The summed E-state index contributed by atoms with van der Waals surface area (Å²) in [5.74, 6) is -0.0537. The minimum Gasteiger partial charge on any atom is -0.487 e. The molecular formula is C17H15NO5. The van der Waals surface area contributed by atoms with Crippen LogP contribution in [0.25, 0.3) is 0 Å². The Hall–Kier alpha value is -3.02. The van der Waals surface area contributed by atoms with Gasteiger partial charge in [0.2, 0.25) is 0 Å². The first-order valence-corrected chi connectivity index (χ1v) is 7.00. The van der Waals surface area contributed by atoms with Gasteiger partial charge in [0, 0.05) is 0 Å². The number of ether oxygens (including phenoxy) is 4. The van der Waals surface area contributed by atoms with Crippen molar-refractivity contribution in [3.05, 3.63) is 71.9 Å². The topological polar surface area (TPSA) is 66.9 Å². The van der Waals surface area contributed by atoms with Crippen LogP contribution in [0.1, 0.15) is 28.0 Å². The van der Waals surface area contributed by atoms with E-state index in [4.69, 9.17) is 14.2 Å². The van der Waals surface area contributed by atoms with Crippen LogP contribution < -0.4 is 4.74 Å². The van der Waals surface area contributed by atoms with Gasteiger partial charge in [-0.1, -0.05) is 30.3 Å². The third-order valence-corrected chi connectivity index (χ3v) is 3.20. The van der Waals surface area contributed by atoms with E-state index in [1.54, 1.807) is 6.07 Å². The van der Waals surface area contributed by atoms with Crippen molar-refractivity contribution in [3.8, 4) is 5.75 Å². The molecule has 0 unspecified atom stereocenters. The van der Waals surface area contributed by atoms with Crippen LogP contribution in [0, 0.1) is 0 Å². The molecule has 0 radical (unpaired) electrons. The molecule has 0 saturated heterocycles. The number of hydrogen-bond acceptors (Lipinski definition) is 6. The van der Waals surface area contributed by atoms with Crippen LogP contribution in [0.5, 0.6) is 5.75 Å². The van der Waals surface area contributed by atoms with Crippen molar-refractivity contribution in [3.63, 3.8) is 0 Å². The Kier molecular flexibility index (Phi) is 4.42. The zero-order valence-corrected chi connectivity index (χ0v) is 12.5. The van der Waals surface area contributed by atoms with Gasteiger partial charge in [0.25, 0.3) is 6.29 Å². The first kappa shape index (κ1) is 14.9. The quantitative estimate of drug-likeness (QED) is 0.791. The average Bonchev–Trinajstić information content (AvgIpc) is 3.14. The maximum Gasteiger partial charge on any atom is 0.356 e. The highest BCUT2D eigenvalue weighted by molar-refractivity contribution is 5.87. The van der Waals surface area contributed by atoms with Crippen molar-refractivity contribution in [2.75, 3.05) is 7.11 Å². The fraction of sp³-hybridized carbons (Fsp3) is 0.176. The number of esters is 1. The van der Waals surface area contributed by atoms with Crippen LogP contribution in [0.4, 0.5) is 0 Å². The summed E-state index contributed by atoms with van der Waals surface area (Å²) < 4.78 is 21.1. The second kappa shape index (κ2) is 6.83. The predicted octanol–water partition coefficient (Wildman–Crippen LogP) is 2.96. The number of pyridine rings is 1. The standard InChI is InChI=1S/C17H15NO5/c1-20-16(19)13-7-8-14(15(18-13)17-21-9-10-22-17)23-11-12-5-3-2-4-6-12/h2-10,17H,11H2,1H3. The first-order chi connectivity index (χ1) is 11.3. The van der Waals surface area contributed by atoms with Gasteiger partial charge in [-0.3, -0.25) is 0 Å². The first-order valence-electron chi connectivity index (χ1n) is 7.00. The number of carbonyl (C=O) groups excluding carboxylic acids is 1. The number of methoxy groups -OCH3 is 1. The Bertz CT molecular complexity index is 706. The zero-order valence-electron chi connectivity index (χ0n) is 12.5. The molecule has 23 heavy (non-hydrogen) atoms. The van der Waals surface area contributed by atoms with E-state index in [1.165, 1.54) is 25.7 Å². The van der Waals surface area contributed by atoms with E-state index >= 15 is 0 Å². The SMILES string of the molecule is COC(=O)c1ccc(OCc2ccccc2)c(C2OC=CO2)n1. The third-order valence-electron chi connectivity index (χ3n) is 3.20. The number of nitrogens with zero attached hydrogens (tertiary/aromatic N) is 1. The van der Waals surface area contributed by atoms with E-state index in [-0.39, 0.29) is 5.69 Å². The van der Waals surface area contributed by atoms with E-state index in [1.807, 2.05) is 30.3 Å². The summed E-state index contributed by atoms with van der Waals surface area (Å²) in [7, 11) is 1.30. The van der Waals surface area contributed by atoms with Gasteiger partial charge in [-0.05, 0) is 17.7 Å². The highest BCUT2D eigenvalue weighted by atomic mass is 16.7. The smallest absolute Gasteiger partial charge is 0.356 e. The van der Waals surface area contributed by atoms with Gasteiger partial charge in [-0.25, -0.2) is 9.78 Å². The van der Waals surface area contributed by atoms with E-state index in [9.17, 15) is 4.79 Å². The highest BCUT2D eigenvalue weighted by Crippen LogP contribution is 2.31. The van der Waals surface area contributed by atoms with Crippen molar-refractivity contribution in [1.82, 2.24) is 4.98 Å². The largest absolute Gasteiger partial charge is 0.487 e. The molecule has 6 heteroatoms. The molecule has 0 fully saturated rings. The lowest BCUT2D eigenvalue weighted by Crippen LogP contribution is -2.11. The molecule has 2 heterocycles. The molecule has 1 aliphatic heterocycles. The Balaban J connectivity index is 1.84. The Morgan fingerprint density at radius 2 is 1.87 bits per heavy atom. The summed E-state index contributed by atoms with van der Waals surface area (Å²) >= 11 is 0. The normalized spacial score (nSPS) is 13.3. The second-order valence-electron chi connectivity index (χ2n) is 4.72. The van der Waals surface area contributed by atoms with Gasteiger partial charge < -0.3 is 18.9 Å². The van der Waals surface area contributed by atoms with Crippen molar-refractivity contribution >= 4 is 5.97 Å². The summed E-state index contributed by atoms with van der Waals surface area (Å²) in [5, 5.41) is 0. The predicted molar refractivity (Wildman–Crippen MR) is 80.4 cm³/mol. The molecule has 1 aliphatic rings. The van der Waals surface area contributed by atoms with Crippen LogP contribution in [0.2, 0.25) is 0 Å². The molecule has 1 aromatic heterocycles. The Labute approximate surface area is 133 Å². The molecule has 1 aromatic carbocycles. The molecule has 0 spiro atoms. The molecule has 118 valence electrons. The molecular weight excluding hydrogens is 298 g/mol. The Morgan fingerprint density at radius 1 is 1.13 bits per heavy atom. The summed E-state index contributed by atoms with van der Waals surface area (Å²) in [4.78, 5) is 15.9. The third kappa shape index (κ3) is 3.42. The van der Waals surface area contributed by atoms with E-state index in [2.05, 4.69) is 9.72 Å². The van der Waals surface area contributed by atoms with Gasteiger partial charge in [-0.15, -0.1) is 0 Å². The lowest BCUT2D eigenvalue weighted by molar-refractivity contribution is -0.0302. The summed E-state index contributed by atoms with van der Waals surface area (Å²) in [6, 6.07) is 12.9. The van der Waals surface area contributed by atoms with Gasteiger partial charge in [0.05, 0.1) is 7.11 Å². The minimum absolute atomic E-state index is 0.161. The molecule has 0 N–H and O–H groups in total. The lowest BCUT2D eigenvalue weighted by Gasteiger charge is -2.15. The molecule has 0 bridgehead atoms. The molecule has 0 saturated carbocycles. The van der Waals surface area contributed by atoms with E-state index in [0.29, 0.717) is 18.1 Å². The number of hydrogen-bond donors (Lipinski definition) is 0. The molecule has 6 nitrogen and oxygen atoms in total. The summed E-state index contributed by atoms with van der Waals surface area (Å²) in [6.45, 7) is 0.368. The van der Waals surface area contributed by atoms with E-state index in [0.717, 1.165) is 5.56 Å². The van der Waals surface area contributed by atoms with Crippen molar-refractivity contribution < 1.29 is 23.7 Å². The molecule has 2 aromatic rings. The van der Waals surface area contributed by atoms with Crippen molar-refractivity contribution in [2.45, 2.75) is 12.9 Å². The maximum atomic E-state index is 11.6. The molecule has 0 amide bonds. The van der Waals surface area contributed by atoms with Crippen LogP contribution in [0.15, 0.2) is 55.0 Å². The number of aromatic nitrogens is 1. The second-order valence-corrected chi connectivity index (χ2v) is 4.72. The van der Waals surface area contributed by atoms with Crippen LogP contribution >= 0.6 is 0 Å². The number of rotatable bonds is 5. The minimum atomic E-state index is -0.745. The Morgan fingerprint density at radius 3 is 2.57 bits per heavy atom. The number of carbonyl (C=O) groups is 1. The highest BCUT2D eigenvalue weighted by Gasteiger charge is 2.24. The molecule has 0 aliphatic carbocycles. The van der Waals surface area contributed by atoms with Gasteiger partial charge in [0.1, 0.15) is 30.6 Å². The van der Waals surface area contributed by atoms with Gasteiger partial charge in [0.15, 0.2) is 5.69 Å². The number of benzene rings is 1. The average molecular weight is 313 g/mol. The zero-order chi connectivity index (χ0) is 16.1. The fourth-order valence-electron chi connectivity index (χ4n) is 2.07. The van der Waals surface area contributed by atoms with Crippen LogP contribution in [-0.2, 0) is 20.8 Å². The fourth-order valence-corrected chi connectivity index (χ4v) is 2.07.